The van der Waals surface area contributed by atoms with Crippen LogP contribution in [0.5, 0.6) is 0 Å². The Labute approximate surface area is 139 Å². The van der Waals surface area contributed by atoms with Gasteiger partial charge in [-0.15, -0.1) is 0 Å². The van der Waals surface area contributed by atoms with Gasteiger partial charge < -0.3 is 4.42 Å². The first kappa shape index (κ1) is 16.2. The molecule has 0 bridgehead atoms. The fraction of sp³-hybridized carbons (Fsp3) is 0.118. The van der Waals surface area contributed by atoms with Crippen molar-refractivity contribution >= 4 is 15.7 Å². The van der Waals surface area contributed by atoms with Gasteiger partial charge in [0, 0.05) is 12.5 Å². The summed E-state index contributed by atoms with van der Waals surface area (Å²) in [6.45, 7) is 3.43. The zero-order valence-electron chi connectivity index (χ0n) is 13.1. The van der Waals surface area contributed by atoms with Gasteiger partial charge in [0.2, 0.25) is 0 Å². The minimum Gasteiger partial charge on any atom is -0.449 e. The van der Waals surface area contributed by atoms with Gasteiger partial charge in [0.25, 0.3) is 10.0 Å². The molecule has 0 atom stereocenters. The molecule has 0 radical (unpaired) electrons. The maximum Gasteiger partial charge on any atom is 0.261 e. The molecule has 0 saturated carbocycles. The molecule has 0 unspecified atom stereocenters. The highest BCUT2D eigenvalue weighted by molar-refractivity contribution is 7.92. The number of aryl methyl sites for hydroxylation is 2. The molecule has 3 rings (SSSR count). The minimum atomic E-state index is -3.81. The lowest BCUT2D eigenvalue weighted by Gasteiger charge is -2.11. The second kappa shape index (κ2) is 6.09. The molecule has 0 saturated heterocycles. The number of benzene rings is 2. The fourth-order valence-corrected chi connectivity index (χ4v) is 3.33. The SMILES string of the molecule is Cc1nc(-c2ccc(S(=O)(=O)Nc3cc(F)ccc3C)cc2)co1. The Hall–Kier alpha value is -2.67. The van der Waals surface area contributed by atoms with E-state index in [4.69, 9.17) is 4.42 Å². The van der Waals surface area contributed by atoms with Crippen molar-refractivity contribution in [2.24, 2.45) is 0 Å². The molecule has 0 aliphatic rings. The van der Waals surface area contributed by atoms with Gasteiger partial charge in [-0.2, -0.15) is 0 Å². The lowest BCUT2D eigenvalue weighted by Crippen LogP contribution is -2.13. The quantitative estimate of drug-likeness (QED) is 0.778. The first-order valence-electron chi connectivity index (χ1n) is 7.17. The number of hydrogen-bond donors (Lipinski definition) is 1. The van der Waals surface area contributed by atoms with Crippen molar-refractivity contribution in [3.05, 3.63) is 66.0 Å². The Kier molecular flexibility index (Phi) is 4.11. The third-order valence-electron chi connectivity index (χ3n) is 3.52. The lowest BCUT2D eigenvalue weighted by atomic mass is 10.2. The highest BCUT2D eigenvalue weighted by Crippen LogP contribution is 2.24. The summed E-state index contributed by atoms with van der Waals surface area (Å²) >= 11 is 0. The predicted molar refractivity (Wildman–Crippen MR) is 88.6 cm³/mol. The largest absolute Gasteiger partial charge is 0.449 e. The molecule has 1 heterocycles. The average molecular weight is 346 g/mol. The van der Waals surface area contributed by atoms with Crippen LogP contribution in [0.1, 0.15) is 11.5 Å². The van der Waals surface area contributed by atoms with E-state index in [2.05, 4.69) is 9.71 Å². The van der Waals surface area contributed by atoms with Crippen molar-refractivity contribution < 1.29 is 17.2 Å². The summed E-state index contributed by atoms with van der Waals surface area (Å²) in [6, 6.07) is 10.2. The van der Waals surface area contributed by atoms with Gasteiger partial charge in [-0.05, 0) is 36.8 Å². The van der Waals surface area contributed by atoms with E-state index in [1.54, 1.807) is 26.0 Å². The van der Waals surface area contributed by atoms with E-state index in [-0.39, 0.29) is 10.6 Å². The number of rotatable bonds is 4. The summed E-state index contributed by atoms with van der Waals surface area (Å²) in [5.41, 5.74) is 2.22. The molecule has 0 fully saturated rings. The third kappa shape index (κ3) is 3.30. The first-order chi connectivity index (χ1) is 11.3. The zero-order valence-corrected chi connectivity index (χ0v) is 13.9. The Morgan fingerprint density at radius 3 is 2.42 bits per heavy atom. The van der Waals surface area contributed by atoms with E-state index in [9.17, 15) is 12.8 Å². The molecule has 1 N–H and O–H groups in total. The lowest BCUT2D eigenvalue weighted by molar-refractivity contribution is 0.521. The van der Waals surface area contributed by atoms with Crippen LogP contribution in [0.25, 0.3) is 11.3 Å². The van der Waals surface area contributed by atoms with Crippen LogP contribution < -0.4 is 4.72 Å². The number of oxazole rings is 1. The first-order valence-corrected chi connectivity index (χ1v) is 8.65. The van der Waals surface area contributed by atoms with Gasteiger partial charge in [0.1, 0.15) is 17.8 Å². The normalized spacial score (nSPS) is 11.5. The Bertz CT molecular complexity index is 979. The average Bonchev–Trinajstić information content (AvgIpc) is 2.97. The van der Waals surface area contributed by atoms with E-state index in [1.165, 1.54) is 30.5 Å². The van der Waals surface area contributed by atoms with Crippen LogP contribution in [0.2, 0.25) is 0 Å². The zero-order chi connectivity index (χ0) is 17.3. The summed E-state index contributed by atoms with van der Waals surface area (Å²) in [7, 11) is -3.81. The van der Waals surface area contributed by atoms with Gasteiger partial charge in [-0.1, -0.05) is 18.2 Å². The van der Waals surface area contributed by atoms with Crippen LogP contribution in [0.4, 0.5) is 10.1 Å². The molecule has 124 valence electrons. The Morgan fingerprint density at radius 2 is 1.79 bits per heavy atom. The molecular formula is C17H15FN2O3S. The molecule has 0 aliphatic carbocycles. The van der Waals surface area contributed by atoms with E-state index >= 15 is 0 Å². The summed E-state index contributed by atoms with van der Waals surface area (Å²) in [5, 5.41) is 0. The van der Waals surface area contributed by atoms with Crippen molar-refractivity contribution in [2.45, 2.75) is 18.7 Å². The summed E-state index contributed by atoms with van der Waals surface area (Å²) in [6.07, 6.45) is 1.51. The van der Waals surface area contributed by atoms with E-state index in [0.717, 1.165) is 11.6 Å². The second-order valence-corrected chi connectivity index (χ2v) is 7.02. The maximum absolute atomic E-state index is 13.3. The molecule has 5 nitrogen and oxygen atoms in total. The number of hydrogen-bond acceptors (Lipinski definition) is 4. The molecule has 24 heavy (non-hydrogen) atoms. The van der Waals surface area contributed by atoms with Gasteiger partial charge in [-0.25, -0.2) is 17.8 Å². The topological polar surface area (TPSA) is 72.2 Å². The monoisotopic (exact) mass is 346 g/mol. The molecule has 3 aromatic rings. The predicted octanol–water partition coefficient (Wildman–Crippen LogP) is 3.90. The number of halogens is 1. The molecule has 0 aliphatic heterocycles. The highest BCUT2D eigenvalue weighted by Gasteiger charge is 2.16. The fourth-order valence-electron chi connectivity index (χ4n) is 2.21. The molecule has 0 amide bonds. The Balaban J connectivity index is 1.88. The van der Waals surface area contributed by atoms with Crippen molar-refractivity contribution in [2.75, 3.05) is 4.72 Å². The highest BCUT2D eigenvalue weighted by atomic mass is 32.2. The molecule has 2 aromatic carbocycles. The number of aromatic nitrogens is 1. The van der Waals surface area contributed by atoms with Crippen LogP contribution in [-0.4, -0.2) is 13.4 Å². The number of sulfonamides is 1. The van der Waals surface area contributed by atoms with E-state index in [0.29, 0.717) is 17.1 Å². The minimum absolute atomic E-state index is 0.0788. The van der Waals surface area contributed by atoms with Crippen molar-refractivity contribution in [1.82, 2.24) is 4.98 Å². The Morgan fingerprint density at radius 1 is 1.08 bits per heavy atom. The van der Waals surface area contributed by atoms with Crippen LogP contribution in [0.3, 0.4) is 0 Å². The standard InChI is InChI=1S/C17H15FN2O3S/c1-11-3-6-14(18)9-16(11)20-24(21,22)15-7-4-13(5-8-15)17-10-23-12(2)19-17/h3-10,20H,1-2H3. The summed E-state index contributed by atoms with van der Waals surface area (Å²) in [5.74, 6) is 0.0278. The van der Waals surface area contributed by atoms with Crippen LogP contribution >= 0.6 is 0 Å². The third-order valence-corrected chi connectivity index (χ3v) is 4.90. The van der Waals surface area contributed by atoms with Gasteiger partial charge >= 0.3 is 0 Å². The van der Waals surface area contributed by atoms with Crippen molar-refractivity contribution in [3.8, 4) is 11.3 Å². The molecule has 1 aromatic heterocycles. The van der Waals surface area contributed by atoms with Gasteiger partial charge in [-0.3, -0.25) is 4.72 Å². The maximum atomic E-state index is 13.3. The van der Waals surface area contributed by atoms with Crippen LogP contribution in [0, 0.1) is 19.7 Å². The molecular weight excluding hydrogens is 331 g/mol. The number of nitrogens with zero attached hydrogens (tertiary/aromatic N) is 1. The molecule has 0 spiro atoms. The second-order valence-electron chi connectivity index (χ2n) is 5.34. The number of anilines is 1. The number of nitrogens with one attached hydrogen (secondary N) is 1. The smallest absolute Gasteiger partial charge is 0.261 e. The van der Waals surface area contributed by atoms with Crippen molar-refractivity contribution in [3.63, 3.8) is 0 Å². The van der Waals surface area contributed by atoms with Gasteiger partial charge in [0.15, 0.2) is 5.89 Å². The summed E-state index contributed by atoms with van der Waals surface area (Å²) < 4.78 is 45.8. The summed E-state index contributed by atoms with van der Waals surface area (Å²) in [4.78, 5) is 4.27. The molecule has 7 heteroatoms. The van der Waals surface area contributed by atoms with Crippen LogP contribution in [0.15, 0.2) is 58.0 Å². The van der Waals surface area contributed by atoms with E-state index in [1.807, 2.05) is 0 Å². The van der Waals surface area contributed by atoms with Crippen LogP contribution in [-0.2, 0) is 10.0 Å². The van der Waals surface area contributed by atoms with Gasteiger partial charge in [0.05, 0.1) is 10.6 Å². The van der Waals surface area contributed by atoms with E-state index < -0.39 is 15.8 Å². The van der Waals surface area contributed by atoms with Crippen molar-refractivity contribution in [1.29, 1.82) is 0 Å².